The first-order chi connectivity index (χ1) is 15.5. The summed E-state index contributed by atoms with van der Waals surface area (Å²) in [7, 11) is 0. The van der Waals surface area contributed by atoms with Crippen molar-refractivity contribution in [3.63, 3.8) is 0 Å². The number of halogens is 1. The van der Waals surface area contributed by atoms with Gasteiger partial charge in [0.15, 0.2) is 0 Å². The summed E-state index contributed by atoms with van der Waals surface area (Å²) in [6.45, 7) is 2.34. The molecule has 3 aliphatic rings. The molecule has 6 heteroatoms. The van der Waals surface area contributed by atoms with Crippen LogP contribution >= 0.6 is 0 Å². The van der Waals surface area contributed by atoms with Gasteiger partial charge in [0.25, 0.3) is 11.8 Å². The van der Waals surface area contributed by atoms with Gasteiger partial charge in [0.05, 0.1) is 24.6 Å². The van der Waals surface area contributed by atoms with E-state index in [1.807, 2.05) is 41.8 Å². The summed E-state index contributed by atoms with van der Waals surface area (Å²) in [6, 6.07) is 14.6. The van der Waals surface area contributed by atoms with Gasteiger partial charge in [-0.3, -0.25) is 9.59 Å². The molecule has 3 aromatic rings. The number of carbonyl (C=O) groups excluding carboxylic acids is 2. The Kier molecular flexibility index (Phi) is 4.18. The number of amides is 2. The minimum Gasteiger partial charge on any atom is -0.340 e. The molecule has 32 heavy (non-hydrogen) atoms. The number of carbonyl (C=O) groups is 2. The number of hydrazone groups is 1. The summed E-state index contributed by atoms with van der Waals surface area (Å²) in [6.07, 6.45) is 6.66. The van der Waals surface area contributed by atoms with Crippen molar-refractivity contribution in [2.75, 3.05) is 0 Å². The lowest BCUT2D eigenvalue weighted by molar-refractivity contribution is -0.140. The smallest absolute Gasteiger partial charge is 0.254 e. The minimum atomic E-state index is -0.266. The number of fused-ring (bicyclic) bond motifs is 6. The van der Waals surface area contributed by atoms with E-state index in [1.165, 1.54) is 6.07 Å². The standard InChI is InChI=1S/C26H22FN3O2/c1-15-20(13-28-30-25(31)23-16-10-11-17(12-16)24(23)26(30)32)19-7-3-5-9-22(19)29(15)14-18-6-2-4-8-21(18)27/h2-11,13,16-17,23-24H,12,14H2,1H3/t16-,17-,23-,24+/m0/s1. The summed E-state index contributed by atoms with van der Waals surface area (Å²) in [5.41, 5.74) is 3.28. The number of aromatic nitrogens is 1. The van der Waals surface area contributed by atoms with Crippen molar-refractivity contribution in [3.8, 4) is 0 Å². The molecule has 0 spiro atoms. The second-order valence-corrected chi connectivity index (χ2v) is 8.93. The molecule has 5 nitrogen and oxygen atoms in total. The van der Waals surface area contributed by atoms with Gasteiger partial charge in [-0.15, -0.1) is 0 Å². The van der Waals surface area contributed by atoms with E-state index < -0.39 is 0 Å². The fourth-order valence-electron chi connectivity index (χ4n) is 5.74. The summed E-state index contributed by atoms with van der Waals surface area (Å²) >= 11 is 0. The second-order valence-electron chi connectivity index (χ2n) is 8.93. The van der Waals surface area contributed by atoms with Crippen LogP contribution in [-0.2, 0) is 16.1 Å². The third kappa shape index (κ3) is 2.65. The quantitative estimate of drug-likeness (QED) is 0.355. The Morgan fingerprint density at radius 3 is 2.38 bits per heavy atom. The van der Waals surface area contributed by atoms with Gasteiger partial charge >= 0.3 is 0 Å². The van der Waals surface area contributed by atoms with Crippen molar-refractivity contribution in [1.29, 1.82) is 0 Å². The molecule has 2 heterocycles. The maximum atomic E-state index is 14.3. The van der Waals surface area contributed by atoms with Crippen molar-refractivity contribution >= 4 is 28.9 Å². The zero-order chi connectivity index (χ0) is 22.0. The van der Waals surface area contributed by atoms with E-state index in [-0.39, 0.29) is 41.3 Å². The summed E-state index contributed by atoms with van der Waals surface area (Å²) in [5, 5.41) is 6.40. The second kappa shape index (κ2) is 6.99. The van der Waals surface area contributed by atoms with Gasteiger partial charge in [-0.25, -0.2) is 4.39 Å². The molecule has 2 aliphatic carbocycles. The van der Waals surface area contributed by atoms with E-state index in [0.29, 0.717) is 12.1 Å². The highest BCUT2D eigenvalue weighted by molar-refractivity contribution is 6.08. The van der Waals surface area contributed by atoms with Crippen molar-refractivity contribution in [1.82, 2.24) is 9.58 Å². The van der Waals surface area contributed by atoms with Crippen LogP contribution in [0.3, 0.4) is 0 Å². The van der Waals surface area contributed by atoms with Gasteiger partial charge in [-0.2, -0.15) is 10.1 Å². The average molecular weight is 427 g/mol. The number of hydrogen-bond acceptors (Lipinski definition) is 3. The molecule has 2 amide bonds. The fourth-order valence-corrected chi connectivity index (χ4v) is 5.74. The zero-order valence-electron chi connectivity index (χ0n) is 17.6. The molecule has 1 aromatic heterocycles. The Hall–Kier alpha value is -3.54. The number of rotatable bonds is 4. The first-order valence-corrected chi connectivity index (χ1v) is 11.0. The van der Waals surface area contributed by atoms with Crippen molar-refractivity contribution in [3.05, 3.63) is 83.3 Å². The van der Waals surface area contributed by atoms with Gasteiger partial charge < -0.3 is 4.57 Å². The number of benzene rings is 2. The minimum absolute atomic E-state index is 0.158. The molecule has 2 fully saturated rings. The molecule has 160 valence electrons. The predicted molar refractivity (Wildman–Crippen MR) is 119 cm³/mol. The Morgan fingerprint density at radius 1 is 1.00 bits per heavy atom. The van der Waals surface area contributed by atoms with Gasteiger partial charge in [0, 0.05) is 27.7 Å². The maximum absolute atomic E-state index is 14.3. The van der Waals surface area contributed by atoms with Crippen LogP contribution in [0, 0.1) is 36.4 Å². The van der Waals surface area contributed by atoms with E-state index >= 15 is 0 Å². The summed E-state index contributed by atoms with van der Waals surface area (Å²) in [4.78, 5) is 25.9. The van der Waals surface area contributed by atoms with Crippen molar-refractivity contribution in [2.45, 2.75) is 19.9 Å². The number of imide groups is 1. The van der Waals surface area contributed by atoms with E-state index in [9.17, 15) is 14.0 Å². The Balaban J connectivity index is 1.37. The molecule has 6 rings (SSSR count). The molecule has 0 N–H and O–H groups in total. The van der Waals surface area contributed by atoms with Crippen molar-refractivity contribution < 1.29 is 14.0 Å². The first-order valence-electron chi connectivity index (χ1n) is 11.0. The molecule has 0 unspecified atom stereocenters. The van der Waals surface area contributed by atoms with Crippen LogP contribution in [0.2, 0.25) is 0 Å². The highest BCUT2D eigenvalue weighted by atomic mass is 19.1. The lowest BCUT2D eigenvalue weighted by Gasteiger charge is -2.13. The van der Waals surface area contributed by atoms with Crippen LogP contribution in [0.15, 0.2) is 65.8 Å². The Labute approximate surface area is 184 Å². The molecule has 4 atom stereocenters. The van der Waals surface area contributed by atoms with Crippen molar-refractivity contribution in [2.24, 2.45) is 28.8 Å². The molecule has 1 saturated heterocycles. The normalized spacial score (nSPS) is 26.2. The van der Waals surface area contributed by atoms with E-state index in [0.717, 1.165) is 33.6 Å². The summed E-state index contributed by atoms with van der Waals surface area (Å²) in [5.74, 6) is -0.849. The van der Waals surface area contributed by atoms with E-state index in [2.05, 4.69) is 17.3 Å². The molecule has 1 aliphatic heterocycles. The number of para-hydroxylation sites is 1. The lowest BCUT2D eigenvalue weighted by Crippen LogP contribution is -2.28. The topological polar surface area (TPSA) is 54.7 Å². The largest absolute Gasteiger partial charge is 0.340 e. The maximum Gasteiger partial charge on any atom is 0.254 e. The van der Waals surface area contributed by atoms with Crippen LogP contribution in [0.25, 0.3) is 10.9 Å². The molecule has 2 aromatic carbocycles. The van der Waals surface area contributed by atoms with Crippen LogP contribution < -0.4 is 0 Å². The molecule has 1 saturated carbocycles. The van der Waals surface area contributed by atoms with Gasteiger partial charge in [0.2, 0.25) is 0 Å². The highest BCUT2D eigenvalue weighted by Crippen LogP contribution is 2.52. The van der Waals surface area contributed by atoms with Crippen LogP contribution in [0.1, 0.15) is 23.2 Å². The van der Waals surface area contributed by atoms with E-state index in [4.69, 9.17) is 0 Å². The van der Waals surface area contributed by atoms with Gasteiger partial charge in [0.1, 0.15) is 5.82 Å². The molecular formula is C26H22FN3O2. The average Bonchev–Trinajstić information content (AvgIpc) is 3.53. The zero-order valence-corrected chi connectivity index (χ0v) is 17.6. The predicted octanol–water partition coefficient (Wildman–Crippen LogP) is 4.28. The number of allylic oxidation sites excluding steroid dienone is 2. The number of hydrogen-bond donors (Lipinski definition) is 0. The monoisotopic (exact) mass is 427 g/mol. The number of nitrogens with zero attached hydrogens (tertiary/aromatic N) is 3. The Bertz CT molecular complexity index is 1310. The van der Waals surface area contributed by atoms with E-state index in [1.54, 1.807) is 18.3 Å². The molecule has 2 bridgehead atoms. The Morgan fingerprint density at radius 2 is 1.66 bits per heavy atom. The van der Waals surface area contributed by atoms with Crippen LogP contribution in [0.5, 0.6) is 0 Å². The molecular weight excluding hydrogens is 405 g/mol. The summed E-state index contributed by atoms with van der Waals surface area (Å²) < 4.78 is 16.3. The highest BCUT2D eigenvalue weighted by Gasteiger charge is 2.59. The lowest BCUT2D eigenvalue weighted by atomic mass is 9.85. The van der Waals surface area contributed by atoms with Gasteiger partial charge in [-0.05, 0) is 37.3 Å². The van der Waals surface area contributed by atoms with Gasteiger partial charge in [-0.1, -0.05) is 48.6 Å². The third-order valence-corrected chi connectivity index (χ3v) is 7.32. The SMILES string of the molecule is Cc1c(C=NN2C(=O)[C@@H]3[C@H](C2=O)[C@H]2C=C[C@H]3C2)c2ccccc2n1Cc1ccccc1F. The fraction of sp³-hybridized carbons (Fsp3) is 0.269. The van der Waals surface area contributed by atoms with Crippen LogP contribution in [-0.4, -0.2) is 27.6 Å². The van der Waals surface area contributed by atoms with Crippen LogP contribution in [0.4, 0.5) is 4.39 Å². The molecule has 0 radical (unpaired) electrons. The first kappa shape index (κ1) is 19.2. The third-order valence-electron chi connectivity index (χ3n) is 7.32.